The van der Waals surface area contributed by atoms with Crippen molar-refractivity contribution >= 4 is 0 Å². The summed E-state index contributed by atoms with van der Waals surface area (Å²) in [5, 5.41) is 0. The Hall–Kier alpha value is -0.820. The van der Waals surface area contributed by atoms with E-state index in [2.05, 4.69) is 45.9 Å². The van der Waals surface area contributed by atoms with Gasteiger partial charge in [0.2, 0.25) is 0 Å². The van der Waals surface area contributed by atoms with Gasteiger partial charge < -0.3 is 5.73 Å². The Balaban J connectivity index is 2.85. The fourth-order valence-electron chi connectivity index (χ4n) is 1.68. The first kappa shape index (κ1) is 11.3. The summed E-state index contributed by atoms with van der Waals surface area (Å²) in [6.45, 7) is 8.65. The van der Waals surface area contributed by atoms with Crippen LogP contribution in [0, 0.1) is 19.8 Å². The van der Waals surface area contributed by atoms with Crippen LogP contribution >= 0.6 is 0 Å². The van der Waals surface area contributed by atoms with Gasteiger partial charge >= 0.3 is 0 Å². The van der Waals surface area contributed by atoms with Crippen LogP contribution in [0.15, 0.2) is 18.2 Å². The van der Waals surface area contributed by atoms with E-state index in [1.165, 1.54) is 16.7 Å². The molecule has 0 aliphatic heterocycles. The SMILES string of the molecule is Cc1cccc(C)c1CC(C)C(C)N. The predicted octanol–water partition coefficient (Wildman–Crippen LogP) is 2.83. The molecule has 0 aromatic heterocycles. The van der Waals surface area contributed by atoms with Gasteiger partial charge in [-0.3, -0.25) is 0 Å². The minimum Gasteiger partial charge on any atom is -0.328 e. The molecule has 2 unspecified atom stereocenters. The minimum atomic E-state index is 0.272. The van der Waals surface area contributed by atoms with Crippen LogP contribution in [0.25, 0.3) is 0 Å². The van der Waals surface area contributed by atoms with Crippen molar-refractivity contribution in [2.24, 2.45) is 11.7 Å². The second kappa shape index (κ2) is 4.61. The summed E-state index contributed by atoms with van der Waals surface area (Å²) in [6.07, 6.45) is 1.09. The molecule has 0 saturated carbocycles. The molecular formula is C13H21N. The van der Waals surface area contributed by atoms with Crippen molar-refractivity contribution in [3.05, 3.63) is 34.9 Å². The molecule has 2 atom stereocenters. The van der Waals surface area contributed by atoms with Crippen LogP contribution in [0.4, 0.5) is 0 Å². The molecule has 1 aromatic rings. The van der Waals surface area contributed by atoms with E-state index in [0.717, 1.165) is 6.42 Å². The number of rotatable bonds is 3. The molecule has 1 rings (SSSR count). The zero-order valence-electron chi connectivity index (χ0n) is 9.67. The molecule has 78 valence electrons. The van der Waals surface area contributed by atoms with Crippen LogP contribution in [0.1, 0.15) is 30.5 Å². The molecule has 0 amide bonds. The van der Waals surface area contributed by atoms with E-state index in [4.69, 9.17) is 5.73 Å². The molecule has 0 radical (unpaired) electrons. The van der Waals surface area contributed by atoms with Crippen LogP contribution in [0.2, 0.25) is 0 Å². The van der Waals surface area contributed by atoms with Crippen molar-refractivity contribution in [3.63, 3.8) is 0 Å². The number of hydrogen-bond acceptors (Lipinski definition) is 1. The van der Waals surface area contributed by atoms with Crippen LogP contribution in [0.5, 0.6) is 0 Å². The zero-order chi connectivity index (χ0) is 10.7. The molecule has 2 N–H and O–H groups in total. The highest BCUT2D eigenvalue weighted by atomic mass is 14.6. The molecule has 1 nitrogen and oxygen atoms in total. The number of aryl methyl sites for hydroxylation is 2. The molecule has 0 heterocycles. The van der Waals surface area contributed by atoms with Crippen LogP contribution < -0.4 is 5.73 Å². The lowest BCUT2D eigenvalue weighted by Crippen LogP contribution is -2.26. The van der Waals surface area contributed by atoms with Gasteiger partial charge in [-0.1, -0.05) is 25.1 Å². The van der Waals surface area contributed by atoms with Crippen molar-refractivity contribution in [1.82, 2.24) is 0 Å². The van der Waals surface area contributed by atoms with Gasteiger partial charge in [0.15, 0.2) is 0 Å². The fourth-order valence-corrected chi connectivity index (χ4v) is 1.68. The Kier molecular flexibility index (Phi) is 3.70. The van der Waals surface area contributed by atoms with Crippen molar-refractivity contribution in [2.45, 2.75) is 40.2 Å². The van der Waals surface area contributed by atoms with E-state index in [1.54, 1.807) is 0 Å². The second-order valence-electron chi connectivity index (χ2n) is 4.41. The van der Waals surface area contributed by atoms with Gasteiger partial charge in [0.05, 0.1) is 0 Å². The average molecular weight is 191 g/mol. The van der Waals surface area contributed by atoms with Crippen LogP contribution in [-0.4, -0.2) is 6.04 Å². The van der Waals surface area contributed by atoms with Crippen LogP contribution in [0.3, 0.4) is 0 Å². The van der Waals surface area contributed by atoms with Crippen molar-refractivity contribution in [2.75, 3.05) is 0 Å². The summed E-state index contributed by atoms with van der Waals surface area (Å²) < 4.78 is 0. The first-order chi connectivity index (χ1) is 6.52. The molecular weight excluding hydrogens is 170 g/mol. The molecule has 0 saturated heterocycles. The maximum Gasteiger partial charge on any atom is 0.00393 e. The number of hydrogen-bond donors (Lipinski definition) is 1. The molecule has 1 heteroatoms. The molecule has 0 fully saturated rings. The van der Waals surface area contributed by atoms with E-state index in [1.807, 2.05) is 0 Å². The Morgan fingerprint density at radius 2 is 1.64 bits per heavy atom. The maximum atomic E-state index is 5.88. The molecule has 0 aliphatic carbocycles. The molecule has 0 aliphatic rings. The first-order valence-electron chi connectivity index (χ1n) is 5.33. The third-order valence-electron chi connectivity index (χ3n) is 3.07. The van der Waals surface area contributed by atoms with E-state index >= 15 is 0 Å². The summed E-state index contributed by atoms with van der Waals surface area (Å²) in [5.41, 5.74) is 10.1. The quantitative estimate of drug-likeness (QED) is 0.781. The fraction of sp³-hybridized carbons (Fsp3) is 0.538. The summed E-state index contributed by atoms with van der Waals surface area (Å²) in [6, 6.07) is 6.74. The minimum absolute atomic E-state index is 0.272. The van der Waals surface area contributed by atoms with Gasteiger partial charge in [0.25, 0.3) is 0 Å². The summed E-state index contributed by atoms with van der Waals surface area (Å²) in [5.74, 6) is 0.551. The highest BCUT2D eigenvalue weighted by Gasteiger charge is 2.11. The number of nitrogens with two attached hydrogens (primary N) is 1. The predicted molar refractivity (Wildman–Crippen MR) is 62.4 cm³/mol. The zero-order valence-corrected chi connectivity index (χ0v) is 9.67. The normalized spacial score (nSPS) is 15.2. The molecule has 0 spiro atoms. The Bertz CT molecular complexity index is 282. The third-order valence-corrected chi connectivity index (χ3v) is 3.07. The van der Waals surface area contributed by atoms with Gasteiger partial charge in [0, 0.05) is 6.04 Å². The van der Waals surface area contributed by atoms with Gasteiger partial charge in [-0.25, -0.2) is 0 Å². The highest BCUT2D eigenvalue weighted by Crippen LogP contribution is 2.18. The van der Waals surface area contributed by atoms with Gasteiger partial charge in [0.1, 0.15) is 0 Å². The number of benzene rings is 1. The van der Waals surface area contributed by atoms with E-state index in [-0.39, 0.29) is 6.04 Å². The lowest BCUT2D eigenvalue weighted by Gasteiger charge is -2.18. The van der Waals surface area contributed by atoms with E-state index in [0.29, 0.717) is 5.92 Å². The third kappa shape index (κ3) is 2.58. The summed E-state index contributed by atoms with van der Waals surface area (Å²) in [7, 11) is 0. The van der Waals surface area contributed by atoms with E-state index in [9.17, 15) is 0 Å². The lowest BCUT2D eigenvalue weighted by molar-refractivity contribution is 0.480. The summed E-state index contributed by atoms with van der Waals surface area (Å²) >= 11 is 0. The topological polar surface area (TPSA) is 26.0 Å². The lowest BCUT2D eigenvalue weighted by atomic mass is 9.90. The summed E-state index contributed by atoms with van der Waals surface area (Å²) in [4.78, 5) is 0. The van der Waals surface area contributed by atoms with E-state index < -0.39 is 0 Å². The van der Waals surface area contributed by atoms with Crippen molar-refractivity contribution < 1.29 is 0 Å². The first-order valence-corrected chi connectivity index (χ1v) is 5.33. The Labute approximate surface area is 87.3 Å². The van der Waals surface area contributed by atoms with Crippen molar-refractivity contribution in [3.8, 4) is 0 Å². The molecule has 0 bridgehead atoms. The second-order valence-corrected chi connectivity index (χ2v) is 4.41. The van der Waals surface area contributed by atoms with Crippen molar-refractivity contribution in [1.29, 1.82) is 0 Å². The van der Waals surface area contributed by atoms with Gasteiger partial charge in [-0.2, -0.15) is 0 Å². The maximum absolute atomic E-state index is 5.88. The highest BCUT2D eigenvalue weighted by molar-refractivity contribution is 5.33. The van der Waals surface area contributed by atoms with Crippen LogP contribution in [-0.2, 0) is 6.42 Å². The monoisotopic (exact) mass is 191 g/mol. The average Bonchev–Trinajstić information content (AvgIpc) is 2.11. The van der Waals surface area contributed by atoms with Gasteiger partial charge in [-0.05, 0) is 49.8 Å². The van der Waals surface area contributed by atoms with Gasteiger partial charge in [-0.15, -0.1) is 0 Å². The smallest absolute Gasteiger partial charge is 0.00393 e. The largest absolute Gasteiger partial charge is 0.328 e. The Morgan fingerprint density at radius 3 is 2.07 bits per heavy atom. The Morgan fingerprint density at radius 1 is 1.14 bits per heavy atom. The molecule has 1 aromatic carbocycles. The molecule has 14 heavy (non-hydrogen) atoms. The standard InChI is InChI=1S/C13H21N/c1-9-6-5-7-10(2)13(9)8-11(3)12(4)14/h5-7,11-12H,8,14H2,1-4H3.